The lowest BCUT2D eigenvalue weighted by molar-refractivity contribution is -0.170. The zero-order chi connectivity index (χ0) is 12.3. The molecule has 0 bridgehead atoms. The quantitative estimate of drug-likeness (QED) is 0.682. The van der Waals surface area contributed by atoms with Crippen LogP contribution >= 0.6 is 0 Å². The molecule has 1 heterocycles. The van der Waals surface area contributed by atoms with Gasteiger partial charge in [0, 0.05) is 5.41 Å². The van der Waals surface area contributed by atoms with Gasteiger partial charge in [-0.1, -0.05) is 32.9 Å². The Morgan fingerprint density at radius 2 is 2.00 bits per heavy atom. The molecule has 2 unspecified atom stereocenters. The van der Waals surface area contributed by atoms with Gasteiger partial charge in [-0.25, -0.2) is 0 Å². The highest BCUT2D eigenvalue weighted by Gasteiger charge is 2.62. The molecule has 0 N–H and O–H groups in total. The van der Waals surface area contributed by atoms with Crippen LogP contribution in [0.25, 0.3) is 0 Å². The molecule has 3 rings (SSSR count). The van der Waals surface area contributed by atoms with E-state index in [0.29, 0.717) is 12.3 Å². The number of carbonyl (C=O) groups is 1. The standard InChI is InChI=1S/C15H18O2/c1-10-8-15(14(10,2)3)9-12(16)11-6-4-5-7-13(11)17-15/h4-7,10H,8-9H2,1-3H3. The fourth-order valence-corrected chi connectivity index (χ4v) is 3.19. The summed E-state index contributed by atoms with van der Waals surface area (Å²) in [6.45, 7) is 6.66. The van der Waals surface area contributed by atoms with Gasteiger partial charge in [0.1, 0.15) is 11.4 Å². The third kappa shape index (κ3) is 1.24. The van der Waals surface area contributed by atoms with Crippen LogP contribution in [0.5, 0.6) is 5.75 Å². The molecule has 1 spiro atoms. The fraction of sp³-hybridized carbons (Fsp3) is 0.533. The Kier molecular flexibility index (Phi) is 1.99. The maximum Gasteiger partial charge on any atom is 0.170 e. The van der Waals surface area contributed by atoms with Gasteiger partial charge in [0.15, 0.2) is 5.78 Å². The second-order valence-electron chi connectivity index (χ2n) is 6.02. The smallest absolute Gasteiger partial charge is 0.170 e. The van der Waals surface area contributed by atoms with Gasteiger partial charge in [-0.2, -0.15) is 0 Å². The molecule has 1 aromatic carbocycles. The average molecular weight is 230 g/mol. The first-order valence-electron chi connectivity index (χ1n) is 6.27. The predicted octanol–water partition coefficient (Wildman–Crippen LogP) is 3.46. The van der Waals surface area contributed by atoms with Crippen molar-refractivity contribution < 1.29 is 9.53 Å². The number of ketones is 1. The summed E-state index contributed by atoms with van der Waals surface area (Å²) in [5.41, 5.74) is 0.557. The van der Waals surface area contributed by atoms with E-state index in [9.17, 15) is 4.79 Å². The summed E-state index contributed by atoms with van der Waals surface area (Å²) in [4.78, 5) is 12.2. The second kappa shape index (κ2) is 3.12. The summed E-state index contributed by atoms with van der Waals surface area (Å²) in [7, 11) is 0. The molecule has 2 nitrogen and oxygen atoms in total. The summed E-state index contributed by atoms with van der Waals surface area (Å²) < 4.78 is 6.19. The molecule has 17 heavy (non-hydrogen) atoms. The molecule has 2 heteroatoms. The Labute approximate surface area is 102 Å². The summed E-state index contributed by atoms with van der Waals surface area (Å²) in [6, 6.07) is 7.60. The van der Waals surface area contributed by atoms with Crippen LogP contribution in [-0.4, -0.2) is 11.4 Å². The number of carbonyl (C=O) groups excluding carboxylic acids is 1. The number of hydrogen-bond donors (Lipinski definition) is 0. The Balaban J connectivity index is 2.03. The van der Waals surface area contributed by atoms with Crippen LogP contribution in [0.2, 0.25) is 0 Å². The van der Waals surface area contributed by atoms with Gasteiger partial charge >= 0.3 is 0 Å². The van der Waals surface area contributed by atoms with Crippen LogP contribution in [0.3, 0.4) is 0 Å². The maximum absolute atomic E-state index is 12.2. The van der Waals surface area contributed by atoms with Gasteiger partial charge in [0.05, 0.1) is 12.0 Å². The summed E-state index contributed by atoms with van der Waals surface area (Å²) in [5.74, 6) is 1.61. The van der Waals surface area contributed by atoms with Crippen molar-refractivity contribution in [2.75, 3.05) is 0 Å². The number of Topliss-reactive ketones (excluding diaryl/α,β-unsaturated/α-hetero) is 1. The van der Waals surface area contributed by atoms with E-state index >= 15 is 0 Å². The summed E-state index contributed by atoms with van der Waals surface area (Å²) in [5, 5.41) is 0. The minimum atomic E-state index is -0.266. The summed E-state index contributed by atoms with van der Waals surface area (Å²) >= 11 is 0. The van der Waals surface area contributed by atoms with Crippen molar-refractivity contribution in [3.63, 3.8) is 0 Å². The molecule has 0 radical (unpaired) electrons. The van der Waals surface area contributed by atoms with Crippen LogP contribution in [0.1, 0.15) is 44.0 Å². The Morgan fingerprint density at radius 1 is 1.29 bits per heavy atom. The lowest BCUT2D eigenvalue weighted by Gasteiger charge is -2.61. The molecule has 1 saturated carbocycles. The molecule has 90 valence electrons. The van der Waals surface area contributed by atoms with Gasteiger partial charge in [-0.3, -0.25) is 4.79 Å². The normalized spacial score (nSPS) is 33.8. The first-order valence-corrected chi connectivity index (χ1v) is 6.27. The van der Waals surface area contributed by atoms with E-state index in [4.69, 9.17) is 4.74 Å². The first-order chi connectivity index (χ1) is 7.96. The number of para-hydroxylation sites is 1. The second-order valence-corrected chi connectivity index (χ2v) is 6.02. The minimum absolute atomic E-state index is 0.0796. The highest BCUT2D eigenvalue weighted by atomic mass is 16.5. The van der Waals surface area contributed by atoms with Crippen LogP contribution < -0.4 is 4.74 Å². The predicted molar refractivity (Wildman–Crippen MR) is 66.3 cm³/mol. The van der Waals surface area contributed by atoms with E-state index in [1.807, 2.05) is 24.3 Å². The van der Waals surface area contributed by atoms with Crippen molar-refractivity contribution >= 4 is 5.78 Å². The Bertz CT molecular complexity index is 489. The SMILES string of the molecule is CC1CC2(CC(=O)c3ccccc3O2)C1(C)C. The zero-order valence-corrected chi connectivity index (χ0v) is 10.6. The minimum Gasteiger partial charge on any atom is -0.485 e. The monoisotopic (exact) mass is 230 g/mol. The average Bonchev–Trinajstić information content (AvgIpc) is 2.29. The van der Waals surface area contributed by atoms with Crippen molar-refractivity contribution in [1.82, 2.24) is 0 Å². The van der Waals surface area contributed by atoms with Crippen molar-refractivity contribution in [2.24, 2.45) is 11.3 Å². The largest absolute Gasteiger partial charge is 0.485 e. The van der Waals surface area contributed by atoms with E-state index in [0.717, 1.165) is 17.7 Å². The molecule has 1 fully saturated rings. The zero-order valence-electron chi connectivity index (χ0n) is 10.6. The Morgan fingerprint density at radius 3 is 2.65 bits per heavy atom. The molecular weight excluding hydrogens is 212 g/mol. The van der Waals surface area contributed by atoms with Crippen LogP contribution in [-0.2, 0) is 0 Å². The van der Waals surface area contributed by atoms with Gasteiger partial charge in [0.25, 0.3) is 0 Å². The van der Waals surface area contributed by atoms with Gasteiger partial charge in [0.2, 0.25) is 0 Å². The Hall–Kier alpha value is -1.31. The first kappa shape index (κ1) is 10.8. The number of fused-ring (bicyclic) bond motifs is 1. The van der Waals surface area contributed by atoms with Crippen molar-refractivity contribution in [3.05, 3.63) is 29.8 Å². The number of ether oxygens (including phenoxy) is 1. The fourth-order valence-electron chi connectivity index (χ4n) is 3.19. The molecule has 2 aliphatic rings. The lowest BCUT2D eigenvalue weighted by Crippen LogP contribution is -2.65. The van der Waals surface area contributed by atoms with Gasteiger partial charge in [-0.05, 0) is 24.5 Å². The highest BCUT2D eigenvalue weighted by Crippen LogP contribution is 2.59. The van der Waals surface area contributed by atoms with E-state index in [-0.39, 0.29) is 16.8 Å². The van der Waals surface area contributed by atoms with E-state index in [1.54, 1.807) is 0 Å². The molecule has 0 saturated heterocycles. The third-order valence-electron chi connectivity index (χ3n) is 4.98. The lowest BCUT2D eigenvalue weighted by atomic mass is 9.50. The van der Waals surface area contributed by atoms with Crippen molar-refractivity contribution in [3.8, 4) is 5.75 Å². The topological polar surface area (TPSA) is 26.3 Å². The molecule has 2 atom stereocenters. The van der Waals surface area contributed by atoms with Gasteiger partial charge < -0.3 is 4.74 Å². The number of rotatable bonds is 0. The molecule has 0 amide bonds. The summed E-state index contributed by atoms with van der Waals surface area (Å²) in [6.07, 6.45) is 1.52. The number of benzene rings is 1. The van der Waals surface area contributed by atoms with Crippen LogP contribution in [0.4, 0.5) is 0 Å². The highest BCUT2D eigenvalue weighted by molar-refractivity contribution is 6.00. The third-order valence-corrected chi connectivity index (χ3v) is 4.98. The maximum atomic E-state index is 12.2. The molecule has 1 aliphatic heterocycles. The van der Waals surface area contributed by atoms with E-state index in [2.05, 4.69) is 20.8 Å². The van der Waals surface area contributed by atoms with Crippen LogP contribution in [0.15, 0.2) is 24.3 Å². The van der Waals surface area contributed by atoms with Gasteiger partial charge in [-0.15, -0.1) is 0 Å². The molecular formula is C15H18O2. The van der Waals surface area contributed by atoms with Crippen LogP contribution in [0, 0.1) is 11.3 Å². The molecule has 1 aliphatic carbocycles. The van der Waals surface area contributed by atoms with Crippen molar-refractivity contribution in [1.29, 1.82) is 0 Å². The number of hydrogen-bond acceptors (Lipinski definition) is 2. The molecule has 0 aromatic heterocycles. The molecule has 1 aromatic rings. The van der Waals surface area contributed by atoms with E-state index < -0.39 is 0 Å². The van der Waals surface area contributed by atoms with Crippen molar-refractivity contribution in [2.45, 2.75) is 39.2 Å². The van der Waals surface area contributed by atoms with E-state index in [1.165, 1.54) is 0 Å².